The van der Waals surface area contributed by atoms with E-state index in [9.17, 15) is 9.90 Å². The summed E-state index contributed by atoms with van der Waals surface area (Å²) in [5.41, 5.74) is 3.71. The van der Waals surface area contributed by atoms with Crippen molar-refractivity contribution < 1.29 is 24.5 Å². The van der Waals surface area contributed by atoms with Gasteiger partial charge in [0.1, 0.15) is 23.9 Å². The van der Waals surface area contributed by atoms with Gasteiger partial charge in [0.15, 0.2) is 0 Å². The third-order valence-electron chi connectivity index (χ3n) is 5.96. The zero-order valence-corrected chi connectivity index (χ0v) is 18.9. The van der Waals surface area contributed by atoms with Crippen LogP contribution < -0.4 is 9.47 Å². The Kier molecular flexibility index (Phi) is 6.92. The van der Waals surface area contributed by atoms with Crippen LogP contribution in [0.5, 0.6) is 17.2 Å². The fourth-order valence-electron chi connectivity index (χ4n) is 4.09. The molecule has 2 heterocycles. The van der Waals surface area contributed by atoms with Crippen LogP contribution in [0.2, 0.25) is 0 Å². The van der Waals surface area contributed by atoms with E-state index in [2.05, 4.69) is 11.8 Å². The maximum atomic E-state index is 11.0. The number of nitrogens with zero attached hydrogens (tertiary/aromatic N) is 1. The van der Waals surface area contributed by atoms with Crippen molar-refractivity contribution in [3.63, 3.8) is 0 Å². The SMILES string of the molecule is CCCc1ccc(COc2ccc3c(c2)OCCC(CN2CC(C(=O)O)C2)=C3Cl)c(O)c1. The highest BCUT2D eigenvalue weighted by molar-refractivity contribution is 6.49. The van der Waals surface area contributed by atoms with E-state index in [4.69, 9.17) is 26.2 Å². The zero-order chi connectivity index (χ0) is 22.7. The quantitative estimate of drug-likeness (QED) is 0.599. The van der Waals surface area contributed by atoms with Crippen LogP contribution in [0.3, 0.4) is 0 Å². The zero-order valence-electron chi connectivity index (χ0n) is 18.1. The molecule has 1 saturated heterocycles. The van der Waals surface area contributed by atoms with Gasteiger partial charge in [-0.15, -0.1) is 0 Å². The molecule has 0 amide bonds. The topological polar surface area (TPSA) is 79.2 Å². The number of phenolic OH excluding ortho intramolecular Hbond substituents is 1. The Balaban J connectivity index is 1.43. The number of hydrogen-bond donors (Lipinski definition) is 2. The summed E-state index contributed by atoms with van der Waals surface area (Å²) in [7, 11) is 0. The molecule has 0 radical (unpaired) electrons. The smallest absolute Gasteiger partial charge is 0.309 e. The van der Waals surface area contributed by atoms with Crippen molar-refractivity contribution in [2.24, 2.45) is 5.92 Å². The number of carbonyl (C=O) groups is 1. The lowest BCUT2D eigenvalue weighted by Gasteiger charge is -2.37. The van der Waals surface area contributed by atoms with Crippen LogP contribution in [0.1, 0.15) is 36.5 Å². The molecule has 2 aromatic carbocycles. The van der Waals surface area contributed by atoms with E-state index >= 15 is 0 Å². The van der Waals surface area contributed by atoms with Gasteiger partial charge in [-0.25, -0.2) is 0 Å². The maximum absolute atomic E-state index is 11.0. The first-order chi connectivity index (χ1) is 15.4. The minimum Gasteiger partial charge on any atom is -0.508 e. The van der Waals surface area contributed by atoms with Gasteiger partial charge >= 0.3 is 5.97 Å². The fourth-order valence-corrected chi connectivity index (χ4v) is 4.40. The second-order valence-corrected chi connectivity index (χ2v) is 8.78. The van der Waals surface area contributed by atoms with Crippen molar-refractivity contribution in [2.75, 3.05) is 26.2 Å². The van der Waals surface area contributed by atoms with Gasteiger partial charge in [0.2, 0.25) is 0 Å². The molecule has 32 heavy (non-hydrogen) atoms. The fraction of sp³-hybridized carbons (Fsp3) is 0.400. The number of carboxylic acids is 1. The molecular weight excluding hydrogens is 430 g/mol. The molecule has 7 heteroatoms. The molecule has 2 aliphatic rings. The number of likely N-dealkylation sites (tertiary alicyclic amines) is 1. The minimum atomic E-state index is -0.742. The normalized spacial score (nSPS) is 16.7. The summed E-state index contributed by atoms with van der Waals surface area (Å²) in [6.45, 7) is 4.62. The number of hydrogen-bond acceptors (Lipinski definition) is 5. The molecule has 2 N–H and O–H groups in total. The molecule has 0 aliphatic carbocycles. The van der Waals surface area contributed by atoms with Crippen molar-refractivity contribution in [1.82, 2.24) is 4.90 Å². The van der Waals surface area contributed by atoms with E-state index in [1.807, 2.05) is 30.3 Å². The van der Waals surface area contributed by atoms with Gasteiger partial charge in [0.05, 0.1) is 17.6 Å². The van der Waals surface area contributed by atoms with E-state index in [-0.39, 0.29) is 18.3 Å². The van der Waals surface area contributed by atoms with Crippen LogP contribution in [0, 0.1) is 5.92 Å². The van der Waals surface area contributed by atoms with Gasteiger partial charge in [-0.2, -0.15) is 0 Å². The van der Waals surface area contributed by atoms with Crippen LogP contribution >= 0.6 is 11.6 Å². The molecule has 0 spiro atoms. The van der Waals surface area contributed by atoms with Gasteiger partial charge < -0.3 is 19.7 Å². The molecule has 2 aromatic rings. The molecule has 0 unspecified atom stereocenters. The first kappa shape index (κ1) is 22.5. The minimum absolute atomic E-state index is 0.244. The van der Waals surface area contributed by atoms with E-state index < -0.39 is 5.97 Å². The number of fused-ring (bicyclic) bond motifs is 1. The molecule has 6 nitrogen and oxygen atoms in total. The first-order valence-electron chi connectivity index (χ1n) is 11.0. The van der Waals surface area contributed by atoms with Crippen LogP contribution in [0.4, 0.5) is 0 Å². The summed E-state index contributed by atoms with van der Waals surface area (Å²) in [5.74, 6) is 0.519. The highest BCUT2D eigenvalue weighted by atomic mass is 35.5. The molecule has 0 atom stereocenters. The molecule has 0 bridgehead atoms. The highest BCUT2D eigenvalue weighted by Crippen LogP contribution is 2.38. The third kappa shape index (κ3) is 5.03. The largest absolute Gasteiger partial charge is 0.508 e. The summed E-state index contributed by atoms with van der Waals surface area (Å²) < 4.78 is 11.8. The van der Waals surface area contributed by atoms with Crippen molar-refractivity contribution in [3.05, 3.63) is 58.7 Å². The van der Waals surface area contributed by atoms with Gasteiger partial charge in [-0.05, 0) is 35.8 Å². The lowest BCUT2D eigenvalue weighted by molar-refractivity contribution is -0.147. The molecule has 170 valence electrons. The molecule has 2 aliphatic heterocycles. The van der Waals surface area contributed by atoms with Gasteiger partial charge in [-0.3, -0.25) is 9.69 Å². The average Bonchev–Trinajstić information content (AvgIpc) is 2.88. The Morgan fingerprint density at radius 3 is 2.78 bits per heavy atom. The van der Waals surface area contributed by atoms with Crippen molar-refractivity contribution in [3.8, 4) is 17.2 Å². The Morgan fingerprint density at radius 2 is 2.06 bits per heavy atom. The number of halogens is 1. The lowest BCUT2D eigenvalue weighted by Crippen LogP contribution is -2.50. The van der Waals surface area contributed by atoms with Crippen LogP contribution in [0.25, 0.3) is 5.03 Å². The monoisotopic (exact) mass is 457 g/mol. The molecular formula is C25H28ClNO5. The number of rotatable bonds is 8. The van der Waals surface area contributed by atoms with E-state index in [1.165, 1.54) is 0 Å². The average molecular weight is 458 g/mol. The summed E-state index contributed by atoms with van der Waals surface area (Å²) in [6.07, 6.45) is 2.66. The van der Waals surface area contributed by atoms with Crippen LogP contribution in [-0.4, -0.2) is 47.3 Å². The summed E-state index contributed by atoms with van der Waals surface area (Å²) >= 11 is 6.71. The lowest BCUT2D eigenvalue weighted by atomic mass is 9.98. The van der Waals surface area contributed by atoms with Crippen molar-refractivity contribution in [2.45, 2.75) is 32.8 Å². The second kappa shape index (κ2) is 9.84. The number of aryl methyl sites for hydroxylation is 1. The third-order valence-corrected chi connectivity index (χ3v) is 6.44. The maximum Gasteiger partial charge on any atom is 0.309 e. The summed E-state index contributed by atoms with van der Waals surface area (Å²) in [6, 6.07) is 11.3. The second-order valence-electron chi connectivity index (χ2n) is 8.40. The number of ether oxygens (including phenoxy) is 2. The standard InChI is InChI=1S/C25H28ClNO5/c1-2-3-16-4-5-18(22(28)10-16)15-32-20-6-7-21-23(11-20)31-9-8-17(24(21)26)12-27-13-19(14-27)25(29)30/h4-7,10-11,19,28H,2-3,8-9,12-15H2,1H3,(H,29,30). The van der Waals surface area contributed by atoms with Crippen LogP contribution in [-0.2, 0) is 17.8 Å². The number of phenols is 1. The Hall–Kier alpha value is -2.70. The Bertz CT molecular complexity index is 1030. The molecule has 1 fully saturated rings. The Labute approximate surface area is 193 Å². The molecule has 4 rings (SSSR count). The highest BCUT2D eigenvalue weighted by Gasteiger charge is 2.33. The summed E-state index contributed by atoms with van der Waals surface area (Å²) in [5, 5.41) is 20.0. The first-order valence-corrected chi connectivity index (χ1v) is 11.4. The number of aliphatic carboxylic acids is 1. The van der Waals surface area contributed by atoms with Gasteiger partial charge in [0.25, 0.3) is 0 Å². The van der Waals surface area contributed by atoms with E-state index in [1.54, 1.807) is 6.07 Å². The van der Waals surface area contributed by atoms with E-state index in [0.29, 0.717) is 49.2 Å². The molecule has 0 saturated carbocycles. The molecule has 0 aromatic heterocycles. The Morgan fingerprint density at radius 1 is 1.25 bits per heavy atom. The number of benzene rings is 2. The number of aromatic hydroxyl groups is 1. The van der Waals surface area contributed by atoms with Gasteiger partial charge in [0, 0.05) is 43.2 Å². The van der Waals surface area contributed by atoms with Crippen LogP contribution in [0.15, 0.2) is 42.0 Å². The predicted octanol–water partition coefficient (Wildman–Crippen LogP) is 4.67. The predicted molar refractivity (Wildman–Crippen MR) is 123 cm³/mol. The van der Waals surface area contributed by atoms with E-state index in [0.717, 1.165) is 35.1 Å². The van der Waals surface area contributed by atoms with Gasteiger partial charge in [-0.1, -0.05) is 37.1 Å². The summed E-state index contributed by atoms with van der Waals surface area (Å²) in [4.78, 5) is 13.1. The van der Waals surface area contributed by atoms with Crippen molar-refractivity contribution in [1.29, 1.82) is 0 Å². The van der Waals surface area contributed by atoms with Crippen molar-refractivity contribution >= 4 is 22.6 Å². The number of carboxylic acid groups (broad SMARTS) is 1.